The molecule has 1 unspecified atom stereocenters. The van der Waals surface area contributed by atoms with Crippen LogP contribution in [0.15, 0.2) is 42.7 Å². The molecule has 1 aliphatic rings. The Balaban J connectivity index is 1.64. The standard InChI is InChI=1S/C18H24N4O/c23-18(13-15-7-3-1-4-8-15)21-17(14-22-19-11-12-20-22)16-9-5-2-6-10-16/h2,5-6,9-12,15,17H,1,3-4,7-8,13-14H2,(H,21,23). The summed E-state index contributed by atoms with van der Waals surface area (Å²) < 4.78 is 0. The summed E-state index contributed by atoms with van der Waals surface area (Å²) in [6, 6.07) is 9.94. The quantitative estimate of drug-likeness (QED) is 0.891. The van der Waals surface area contributed by atoms with Crippen molar-refractivity contribution >= 4 is 5.91 Å². The third-order valence-corrected chi connectivity index (χ3v) is 4.55. The first-order valence-corrected chi connectivity index (χ1v) is 8.49. The van der Waals surface area contributed by atoms with Crippen molar-refractivity contribution in [3.8, 4) is 0 Å². The maximum atomic E-state index is 12.5. The van der Waals surface area contributed by atoms with Crippen molar-refractivity contribution in [2.75, 3.05) is 0 Å². The molecule has 0 saturated heterocycles. The van der Waals surface area contributed by atoms with Gasteiger partial charge in [0.15, 0.2) is 0 Å². The largest absolute Gasteiger partial charge is 0.347 e. The topological polar surface area (TPSA) is 59.8 Å². The molecule has 3 rings (SSSR count). The fraction of sp³-hybridized carbons (Fsp3) is 0.500. The van der Waals surface area contributed by atoms with E-state index < -0.39 is 0 Å². The van der Waals surface area contributed by atoms with E-state index in [1.165, 1.54) is 32.1 Å². The van der Waals surface area contributed by atoms with Gasteiger partial charge in [-0.1, -0.05) is 49.6 Å². The van der Waals surface area contributed by atoms with E-state index in [1.54, 1.807) is 17.2 Å². The van der Waals surface area contributed by atoms with Crippen LogP contribution in [-0.4, -0.2) is 20.9 Å². The van der Waals surface area contributed by atoms with Gasteiger partial charge < -0.3 is 5.32 Å². The number of nitrogens with zero attached hydrogens (tertiary/aromatic N) is 3. The van der Waals surface area contributed by atoms with Crippen molar-refractivity contribution in [3.05, 3.63) is 48.3 Å². The van der Waals surface area contributed by atoms with Crippen molar-refractivity contribution in [2.24, 2.45) is 5.92 Å². The Morgan fingerprint density at radius 1 is 1.13 bits per heavy atom. The van der Waals surface area contributed by atoms with Crippen LogP contribution >= 0.6 is 0 Å². The Labute approximate surface area is 137 Å². The minimum Gasteiger partial charge on any atom is -0.347 e. The van der Waals surface area contributed by atoms with Crippen molar-refractivity contribution < 1.29 is 4.79 Å². The lowest BCUT2D eigenvalue weighted by atomic mass is 9.87. The molecule has 0 aliphatic heterocycles. The number of benzene rings is 1. The van der Waals surface area contributed by atoms with E-state index in [2.05, 4.69) is 15.5 Å². The van der Waals surface area contributed by atoms with Crippen LogP contribution in [0.4, 0.5) is 0 Å². The SMILES string of the molecule is O=C(CC1CCCCC1)NC(Cn1nccn1)c1ccccc1. The van der Waals surface area contributed by atoms with Crippen molar-refractivity contribution in [3.63, 3.8) is 0 Å². The van der Waals surface area contributed by atoms with Gasteiger partial charge in [-0.05, 0) is 24.3 Å². The molecule has 1 atom stereocenters. The van der Waals surface area contributed by atoms with Crippen LogP contribution in [0.3, 0.4) is 0 Å². The van der Waals surface area contributed by atoms with E-state index in [-0.39, 0.29) is 11.9 Å². The molecular weight excluding hydrogens is 288 g/mol. The smallest absolute Gasteiger partial charge is 0.220 e. The Bertz CT molecular complexity index is 591. The van der Waals surface area contributed by atoms with Gasteiger partial charge in [0.1, 0.15) is 0 Å². The number of rotatable bonds is 6. The van der Waals surface area contributed by atoms with Gasteiger partial charge in [0.2, 0.25) is 5.91 Å². The normalized spacial score (nSPS) is 16.9. The van der Waals surface area contributed by atoms with Gasteiger partial charge in [0.05, 0.1) is 25.0 Å². The van der Waals surface area contributed by atoms with Gasteiger partial charge in [0.25, 0.3) is 0 Å². The highest BCUT2D eigenvalue weighted by molar-refractivity contribution is 5.76. The number of carbonyl (C=O) groups excluding carboxylic acids is 1. The van der Waals surface area contributed by atoms with E-state index in [0.29, 0.717) is 18.9 Å². The minimum atomic E-state index is -0.0975. The van der Waals surface area contributed by atoms with Crippen molar-refractivity contribution in [1.82, 2.24) is 20.3 Å². The molecule has 122 valence electrons. The van der Waals surface area contributed by atoms with Crippen molar-refractivity contribution in [1.29, 1.82) is 0 Å². The van der Waals surface area contributed by atoms with Crippen LogP contribution in [0.5, 0.6) is 0 Å². The molecule has 0 bridgehead atoms. The van der Waals surface area contributed by atoms with Crippen LogP contribution in [0.2, 0.25) is 0 Å². The lowest BCUT2D eigenvalue weighted by molar-refractivity contribution is -0.123. The van der Waals surface area contributed by atoms with E-state index in [1.807, 2.05) is 30.3 Å². The van der Waals surface area contributed by atoms with Crippen LogP contribution in [0, 0.1) is 5.92 Å². The second kappa shape index (κ2) is 7.90. The molecule has 1 heterocycles. The van der Waals surface area contributed by atoms with Gasteiger partial charge >= 0.3 is 0 Å². The summed E-state index contributed by atoms with van der Waals surface area (Å²) in [7, 11) is 0. The lowest BCUT2D eigenvalue weighted by Crippen LogP contribution is -2.33. The van der Waals surface area contributed by atoms with Gasteiger partial charge in [-0.25, -0.2) is 0 Å². The van der Waals surface area contributed by atoms with Crippen LogP contribution in [0.25, 0.3) is 0 Å². The zero-order valence-electron chi connectivity index (χ0n) is 13.4. The zero-order chi connectivity index (χ0) is 15.9. The number of amides is 1. The number of carbonyl (C=O) groups is 1. The molecule has 23 heavy (non-hydrogen) atoms. The van der Waals surface area contributed by atoms with Crippen LogP contribution in [-0.2, 0) is 11.3 Å². The molecule has 1 saturated carbocycles. The van der Waals surface area contributed by atoms with Gasteiger partial charge in [-0.2, -0.15) is 15.0 Å². The third kappa shape index (κ3) is 4.65. The number of aromatic nitrogens is 3. The van der Waals surface area contributed by atoms with Gasteiger partial charge in [-0.15, -0.1) is 0 Å². The molecule has 1 N–H and O–H groups in total. The predicted molar refractivity (Wildman–Crippen MR) is 88.5 cm³/mol. The summed E-state index contributed by atoms with van der Waals surface area (Å²) in [5.41, 5.74) is 1.08. The minimum absolute atomic E-state index is 0.0975. The van der Waals surface area contributed by atoms with Crippen LogP contribution in [0.1, 0.15) is 50.1 Å². The molecule has 5 heteroatoms. The van der Waals surface area contributed by atoms with E-state index in [4.69, 9.17) is 0 Å². The third-order valence-electron chi connectivity index (χ3n) is 4.55. The first-order valence-electron chi connectivity index (χ1n) is 8.49. The Morgan fingerprint density at radius 2 is 1.83 bits per heavy atom. The molecule has 0 radical (unpaired) electrons. The summed E-state index contributed by atoms with van der Waals surface area (Å²) in [5.74, 6) is 0.681. The maximum absolute atomic E-state index is 12.5. The first-order chi connectivity index (χ1) is 11.3. The first kappa shape index (κ1) is 15.7. The molecule has 1 aromatic carbocycles. The monoisotopic (exact) mass is 312 g/mol. The van der Waals surface area contributed by atoms with E-state index >= 15 is 0 Å². The summed E-state index contributed by atoms with van der Waals surface area (Å²) in [6.07, 6.45) is 10.2. The second-order valence-electron chi connectivity index (χ2n) is 6.32. The predicted octanol–water partition coefficient (Wildman–Crippen LogP) is 3.11. The molecule has 0 spiro atoms. The molecular formula is C18H24N4O. The highest BCUT2D eigenvalue weighted by Gasteiger charge is 2.20. The van der Waals surface area contributed by atoms with Crippen LogP contribution < -0.4 is 5.32 Å². The molecule has 5 nitrogen and oxygen atoms in total. The molecule has 1 aromatic heterocycles. The van der Waals surface area contributed by atoms with E-state index in [0.717, 1.165) is 5.56 Å². The average Bonchev–Trinajstić information content (AvgIpc) is 3.09. The summed E-state index contributed by atoms with van der Waals surface area (Å²) >= 11 is 0. The summed E-state index contributed by atoms with van der Waals surface area (Å²) in [6.45, 7) is 0.549. The summed E-state index contributed by atoms with van der Waals surface area (Å²) in [5, 5.41) is 11.5. The Kier molecular flexibility index (Phi) is 5.40. The number of nitrogens with one attached hydrogen (secondary N) is 1. The zero-order valence-corrected chi connectivity index (χ0v) is 13.4. The molecule has 1 amide bonds. The maximum Gasteiger partial charge on any atom is 0.220 e. The second-order valence-corrected chi connectivity index (χ2v) is 6.32. The van der Waals surface area contributed by atoms with Crippen molar-refractivity contribution in [2.45, 2.75) is 51.1 Å². The molecule has 1 aliphatic carbocycles. The number of hydrogen-bond donors (Lipinski definition) is 1. The molecule has 2 aromatic rings. The average molecular weight is 312 g/mol. The fourth-order valence-electron chi connectivity index (χ4n) is 3.33. The van der Waals surface area contributed by atoms with Gasteiger partial charge in [-0.3, -0.25) is 4.79 Å². The Hall–Kier alpha value is -2.17. The van der Waals surface area contributed by atoms with E-state index in [9.17, 15) is 4.79 Å². The summed E-state index contributed by atoms with van der Waals surface area (Å²) in [4.78, 5) is 14.1. The lowest BCUT2D eigenvalue weighted by Gasteiger charge is -2.23. The highest BCUT2D eigenvalue weighted by Crippen LogP contribution is 2.26. The van der Waals surface area contributed by atoms with Gasteiger partial charge in [0, 0.05) is 6.42 Å². The fourth-order valence-corrected chi connectivity index (χ4v) is 3.33. The Morgan fingerprint density at radius 3 is 2.52 bits per heavy atom. The highest BCUT2D eigenvalue weighted by atomic mass is 16.1. The molecule has 1 fully saturated rings. The number of hydrogen-bond acceptors (Lipinski definition) is 3.